The van der Waals surface area contributed by atoms with E-state index in [4.69, 9.17) is 9.72 Å². The Morgan fingerprint density at radius 1 is 1.10 bits per heavy atom. The Bertz CT molecular complexity index is 1000. The molecule has 1 atom stereocenters. The van der Waals surface area contributed by atoms with E-state index in [0.717, 1.165) is 35.5 Å². The molecule has 0 bridgehead atoms. The van der Waals surface area contributed by atoms with E-state index in [1.165, 1.54) is 12.1 Å². The number of carbonyl (C=O) groups excluding carboxylic acids is 1. The van der Waals surface area contributed by atoms with Crippen LogP contribution >= 0.6 is 0 Å². The standard InChI is InChI=1S/C24H23FN2O2/c1-29-21-7-2-5-18(15-21)22-8-3-9-23(26-22)19-6-4-14-27(16-19)24(28)17-10-12-20(25)13-11-17/h2-3,5,7-13,15,19H,4,6,14,16H2,1H3/t19-/m0/s1. The van der Waals surface area contributed by atoms with Gasteiger partial charge in [0, 0.05) is 35.8 Å². The lowest BCUT2D eigenvalue weighted by atomic mass is 9.93. The number of pyridine rings is 1. The van der Waals surface area contributed by atoms with E-state index in [0.29, 0.717) is 18.7 Å². The van der Waals surface area contributed by atoms with Crippen molar-refractivity contribution < 1.29 is 13.9 Å². The number of likely N-dealkylation sites (tertiary alicyclic amines) is 1. The van der Waals surface area contributed by atoms with Gasteiger partial charge in [0.2, 0.25) is 0 Å². The summed E-state index contributed by atoms with van der Waals surface area (Å²) in [4.78, 5) is 19.5. The molecule has 0 N–H and O–H groups in total. The minimum atomic E-state index is -0.336. The Balaban J connectivity index is 1.54. The summed E-state index contributed by atoms with van der Waals surface area (Å²) in [5.74, 6) is 0.581. The molecule has 1 aromatic heterocycles. The number of amides is 1. The molecule has 3 aromatic rings. The second-order valence-corrected chi connectivity index (χ2v) is 7.28. The quantitative estimate of drug-likeness (QED) is 0.635. The van der Waals surface area contributed by atoms with Crippen LogP contribution in [0.2, 0.25) is 0 Å². The Hall–Kier alpha value is -3.21. The maximum atomic E-state index is 13.2. The van der Waals surface area contributed by atoms with Gasteiger partial charge in [0.15, 0.2) is 0 Å². The van der Waals surface area contributed by atoms with Gasteiger partial charge in [-0.15, -0.1) is 0 Å². The first-order valence-electron chi connectivity index (χ1n) is 9.80. The normalized spacial score (nSPS) is 16.5. The summed E-state index contributed by atoms with van der Waals surface area (Å²) in [6.07, 6.45) is 1.91. The summed E-state index contributed by atoms with van der Waals surface area (Å²) in [6, 6.07) is 19.6. The third kappa shape index (κ3) is 4.29. The molecule has 1 aliphatic rings. The minimum Gasteiger partial charge on any atom is -0.497 e. The van der Waals surface area contributed by atoms with Crippen molar-refractivity contribution in [1.29, 1.82) is 0 Å². The van der Waals surface area contributed by atoms with Gasteiger partial charge in [-0.25, -0.2) is 4.39 Å². The van der Waals surface area contributed by atoms with Gasteiger partial charge < -0.3 is 9.64 Å². The van der Waals surface area contributed by atoms with Crippen LogP contribution in [0, 0.1) is 5.82 Å². The van der Waals surface area contributed by atoms with E-state index in [9.17, 15) is 9.18 Å². The Morgan fingerprint density at radius 3 is 2.69 bits per heavy atom. The molecule has 0 radical (unpaired) electrons. The number of ether oxygens (including phenoxy) is 1. The molecule has 0 unspecified atom stereocenters. The molecule has 1 fully saturated rings. The smallest absolute Gasteiger partial charge is 0.253 e. The van der Waals surface area contributed by atoms with Gasteiger partial charge in [0.05, 0.1) is 12.8 Å². The van der Waals surface area contributed by atoms with Crippen molar-refractivity contribution >= 4 is 5.91 Å². The van der Waals surface area contributed by atoms with Crippen LogP contribution in [0.15, 0.2) is 66.7 Å². The van der Waals surface area contributed by atoms with Crippen LogP contribution in [0.25, 0.3) is 11.3 Å². The topological polar surface area (TPSA) is 42.4 Å². The zero-order chi connectivity index (χ0) is 20.2. The van der Waals surface area contributed by atoms with Crippen LogP contribution in [0.5, 0.6) is 5.75 Å². The van der Waals surface area contributed by atoms with Crippen molar-refractivity contribution in [3.63, 3.8) is 0 Å². The van der Waals surface area contributed by atoms with Crippen molar-refractivity contribution in [2.45, 2.75) is 18.8 Å². The molecule has 1 amide bonds. The summed E-state index contributed by atoms with van der Waals surface area (Å²) in [7, 11) is 1.65. The van der Waals surface area contributed by atoms with E-state index in [1.54, 1.807) is 19.2 Å². The van der Waals surface area contributed by atoms with Gasteiger partial charge in [0.1, 0.15) is 11.6 Å². The number of aromatic nitrogens is 1. The van der Waals surface area contributed by atoms with Crippen LogP contribution < -0.4 is 4.74 Å². The van der Waals surface area contributed by atoms with Gasteiger partial charge in [-0.05, 0) is 61.4 Å². The molecule has 1 aliphatic heterocycles. The highest BCUT2D eigenvalue weighted by Crippen LogP contribution is 2.29. The fourth-order valence-corrected chi connectivity index (χ4v) is 3.80. The molecule has 29 heavy (non-hydrogen) atoms. The Morgan fingerprint density at radius 2 is 1.90 bits per heavy atom. The highest BCUT2D eigenvalue weighted by atomic mass is 19.1. The fourth-order valence-electron chi connectivity index (χ4n) is 3.80. The fraction of sp³-hybridized carbons (Fsp3) is 0.250. The number of methoxy groups -OCH3 is 1. The lowest BCUT2D eigenvalue weighted by molar-refractivity contribution is 0.0706. The van der Waals surface area contributed by atoms with Crippen molar-refractivity contribution in [3.8, 4) is 17.0 Å². The van der Waals surface area contributed by atoms with Gasteiger partial charge in [-0.1, -0.05) is 18.2 Å². The van der Waals surface area contributed by atoms with Crippen LogP contribution in [0.1, 0.15) is 34.8 Å². The molecule has 5 heteroatoms. The van der Waals surface area contributed by atoms with Crippen LogP contribution in [-0.4, -0.2) is 36.0 Å². The van der Waals surface area contributed by atoms with Crippen molar-refractivity contribution in [2.24, 2.45) is 0 Å². The first-order valence-corrected chi connectivity index (χ1v) is 9.80. The molecule has 2 aromatic carbocycles. The monoisotopic (exact) mass is 390 g/mol. The summed E-state index contributed by atoms with van der Waals surface area (Å²) < 4.78 is 18.5. The lowest BCUT2D eigenvalue weighted by Gasteiger charge is -2.32. The number of halogens is 1. The predicted octanol–water partition coefficient (Wildman–Crippen LogP) is 4.92. The van der Waals surface area contributed by atoms with E-state index >= 15 is 0 Å². The zero-order valence-corrected chi connectivity index (χ0v) is 16.3. The van der Waals surface area contributed by atoms with Crippen LogP contribution in [-0.2, 0) is 0 Å². The van der Waals surface area contributed by atoms with Crippen molar-refractivity contribution in [2.75, 3.05) is 20.2 Å². The highest BCUT2D eigenvalue weighted by molar-refractivity contribution is 5.94. The van der Waals surface area contributed by atoms with Crippen molar-refractivity contribution in [3.05, 3.63) is 83.8 Å². The molecule has 4 rings (SSSR count). The molecule has 0 saturated carbocycles. The average molecular weight is 390 g/mol. The molecule has 4 nitrogen and oxygen atoms in total. The summed E-state index contributed by atoms with van der Waals surface area (Å²) >= 11 is 0. The van der Waals surface area contributed by atoms with Gasteiger partial charge in [0.25, 0.3) is 5.91 Å². The molecule has 2 heterocycles. The Kier molecular flexibility index (Phi) is 5.56. The number of nitrogens with zero attached hydrogens (tertiary/aromatic N) is 2. The second-order valence-electron chi connectivity index (χ2n) is 7.28. The molecule has 148 valence electrons. The van der Waals surface area contributed by atoms with E-state index in [2.05, 4.69) is 0 Å². The highest BCUT2D eigenvalue weighted by Gasteiger charge is 2.26. The first-order chi connectivity index (χ1) is 14.1. The predicted molar refractivity (Wildman–Crippen MR) is 111 cm³/mol. The molecule has 0 aliphatic carbocycles. The molecular formula is C24H23FN2O2. The largest absolute Gasteiger partial charge is 0.497 e. The molecule has 1 saturated heterocycles. The van der Waals surface area contributed by atoms with Crippen LogP contribution in [0.3, 0.4) is 0 Å². The Labute approximate surface area is 170 Å². The third-order valence-corrected chi connectivity index (χ3v) is 5.35. The van der Waals surface area contributed by atoms with Crippen molar-refractivity contribution in [1.82, 2.24) is 9.88 Å². The number of carbonyl (C=O) groups is 1. The molecule has 0 spiro atoms. The summed E-state index contributed by atoms with van der Waals surface area (Å²) in [5.41, 5.74) is 3.40. The number of rotatable bonds is 4. The maximum Gasteiger partial charge on any atom is 0.253 e. The number of hydrogen-bond donors (Lipinski definition) is 0. The third-order valence-electron chi connectivity index (χ3n) is 5.35. The summed E-state index contributed by atoms with van der Waals surface area (Å²) in [6.45, 7) is 1.33. The first kappa shape index (κ1) is 19.1. The lowest BCUT2D eigenvalue weighted by Crippen LogP contribution is -2.39. The van der Waals surface area contributed by atoms with E-state index in [1.807, 2.05) is 47.4 Å². The van der Waals surface area contributed by atoms with Gasteiger partial charge in [-0.2, -0.15) is 0 Å². The number of hydrogen-bond acceptors (Lipinski definition) is 3. The zero-order valence-electron chi connectivity index (χ0n) is 16.3. The summed E-state index contributed by atoms with van der Waals surface area (Å²) in [5, 5.41) is 0. The number of benzene rings is 2. The van der Waals surface area contributed by atoms with E-state index in [-0.39, 0.29) is 17.6 Å². The van der Waals surface area contributed by atoms with Gasteiger partial charge >= 0.3 is 0 Å². The number of piperidine rings is 1. The SMILES string of the molecule is COc1cccc(-c2cccc([C@H]3CCCN(C(=O)c4ccc(F)cc4)C3)n2)c1. The maximum absolute atomic E-state index is 13.2. The van der Waals surface area contributed by atoms with Gasteiger partial charge in [-0.3, -0.25) is 9.78 Å². The van der Waals surface area contributed by atoms with Crippen LogP contribution in [0.4, 0.5) is 4.39 Å². The average Bonchev–Trinajstić information content (AvgIpc) is 2.79. The minimum absolute atomic E-state index is 0.0568. The second kappa shape index (κ2) is 8.43. The molecular weight excluding hydrogens is 367 g/mol. The van der Waals surface area contributed by atoms with E-state index < -0.39 is 0 Å².